The van der Waals surface area contributed by atoms with Gasteiger partial charge in [0.05, 0.1) is 12.2 Å². The third-order valence-corrected chi connectivity index (χ3v) is 9.34. The van der Waals surface area contributed by atoms with Gasteiger partial charge < -0.3 is 23.9 Å². The summed E-state index contributed by atoms with van der Waals surface area (Å²) < 4.78 is 39.9. The monoisotopic (exact) mass is 609 g/mol. The molecule has 16 nitrogen and oxygen atoms in total. The number of aromatic nitrogens is 5. The zero-order chi connectivity index (χ0) is 27.7. The summed E-state index contributed by atoms with van der Waals surface area (Å²) in [7, 11) is -1.12. The predicted octanol–water partition coefficient (Wildman–Crippen LogP) is -0.807. The molecule has 1 saturated heterocycles. The van der Waals surface area contributed by atoms with Gasteiger partial charge in [-0.05, 0) is 21.2 Å². The zero-order valence-electron chi connectivity index (χ0n) is 19.7. The van der Waals surface area contributed by atoms with E-state index in [4.69, 9.17) is 25.0 Å². The number of hydrogen-bond acceptors (Lipinski definition) is 14. The van der Waals surface area contributed by atoms with Crippen LogP contribution in [-0.4, -0.2) is 103 Å². The molecular formula is C18H20ClN7O9S3. The number of carbonyl (C=O) groups is 3. The molecule has 38 heavy (non-hydrogen) atoms. The van der Waals surface area contributed by atoms with E-state index in [-0.39, 0.29) is 34.7 Å². The minimum absolute atomic E-state index is 0.0477. The molecule has 4 heterocycles. The molecule has 2 aliphatic heterocycles. The van der Waals surface area contributed by atoms with E-state index < -0.39 is 51.2 Å². The van der Waals surface area contributed by atoms with Crippen LogP contribution < -0.4 is 9.50 Å². The molecule has 2 aromatic heterocycles. The lowest BCUT2D eigenvalue weighted by molar-refractivity contribution is -0.192. The Morgan fingerprint density at radius 1 is 1.45 bits per heavy atom. The highest BCUT2D eigenvalue weighted by Crippen LogP contribution is 2.47. The van der Waals surface area contributed by atoms with Crippen molar-refractivity contribution in [3.05, 3.63) is 23.1 Å². The van der Waals surface area contributed by atoms with E-state index in [1.165, 1.54) is 35.3 Å². The standard InChI is InChI=1S/C18H20ClN7O9S3/c1-25-17(21-23-24-25)37-8-9-7-36-16-18(33-2,15(30)26(16)13(9)14(28)29)20-11(27)5-10-6-12(22-34-10)35-38(31,32)4-3-19/h6,16H,3-5,7-8H2,1-2H3,(H,20,27)(H,28,29)/t16-,18+/m1/s1. The minimum atomic E-state index is -3.98. The van der Waals surface area contributed by atoms with Crippen LogP contribution >= 0.6 is 35.1 Å². The Balaban J connectivity index is 1.45. The smallest absolute Gasteiger partial charge is 0.352 e. The second-order valence-electron chi connectivity index (χ2n) is 7.80. The number of nitrogens with one attached hydrogen (secondary N) is 1. The second kappa shape index (κ2) is 11.1. The largest absolute Gasteiger partial charge is 0.477 e. The molecule has 2 N–H and O–H groups in total. The van der Waals surface area contributed by atoms with Crippen molar-refractivity contribution in [3.63, 3.8) is 0 Å². The van der Waals surface area contributed by atoms with Crippen LogP contribution in [0.4, 0.5) is 0 Å². The first-order valence-corrected chi connectivity index (χ1v) is 14.7. The van der Waals surface area contributed by atoms with Crippen LogP contribution in [0, 0.1) is 0 Å². The molecule has 2 atom stereocenters. The van der Waals surface area contributed by atoms with Gasteiger partial charge >= 0.3 is 16.1 Å². The molecule has 206 valence electrons. The number of alkyl halides is 1. The normalized spacial score (nSPS) is 21.2. The van der Waals surface area contributed by atoms with Crippen molar-refractivity contribution in [2.24, 2.45) is 7.05 Å². The van der Waals surface area contributed by atoms with Gasteiger partial charge in [0, 0.05) is 37.6 Å². The van der Waals surface area contributed by atoms with Crippen molar-refractivity contribution in [3.8, 4) is 5.88 Å². The van der Waals surface area contributed by atoms with Gasteiger partial charge in [0.15, 0.2) is 0 Å². The number of aryl methyl sites for hydroxylation is 1. The topological polar surface area (TPSA) is 209 Å². The van der Waals surface area contributed by atoms with Crippen molar-refractivity contribution in [2.75, 3.05) is 30.2 Å². The summed E-state index contributed by atoms with van der Waals surface area (Å²) in [6.07, 6.45) is -0.434. The maximum atomic E-state index is 13.2. The van der Waals surface area contributed by atoms with E-state index >= 15 is 0 Å². The van der Waals surface area contributed by atoms with Crippen molar-refractivity contribution >= 4 is 63.0 Å². The third-order valence-electron chi connectivity index (χ3n) is 5.33. The summed E-state index contributed by atoms with van der Waals surface area (Å²) in [5.74, 6) is -3.38. The molecule has 0 bridgehead atoms. The Morgan fingerprint density at radius 2 is 2.21 bits per heavy atom. The molecule has 2 amide bonds. The van der Waals surface area contributed by atoms with Gasteiger partial charge in [0.1, 0.15) is 16.8 Å². The minimum Gasteiger partial charge on any atom is -0.477 e. The molecule has 20 heteroatoms. The molecule has 2 aromatic rings. The third kappa shape index (κ3) is 5.46. The number of ether oxygens (including phenoxy) is 1. The fourth-order valence-electron chi connectivity index (χ4n) is 3.64. The number of thioether (sulfide) groups is 2. The molecule has 0 unspecified atom stereocenters. The number of nitrogens with zero attached hydrogens (tertiary/aromatic N) is 6. The van der Waals surface area contributed by atoms with Crippen molar-refractivity contribution < 1.29 is 41.4 Å². The fourth-order valence-corrected chi connectivity index (χ4v) is 7.25. The van der Waals surface area contributed by atoms with E-state index in [1.54, 1.807) is 7.05 Å². The zero-order valence-corrected chi connectivity index (χ0v) is 22.9. The summed E-state index contributed by atoms with van der Waals surface area (Å²) in [6, 6.07) is 1.11. The Bertz CT molecular complexity index is 1400. The molecule has 0 radical (unpaired) electrons. The highest BCUT2D eigenvalue weighted by Gasteiger charge is 2.66. The molecule has 0 aromatic carbocycles. The summed E-state index contributed by atoms with van der Waals surface area (Å²) in [5.41, 5.74) is -1.54. The summed E-state index contributed by atoms with van der Waals surface area (Å²) in [4.78, 5) is 39.1. The molecule has 0 spiro atoms. The van der Waals surface area contributed by atoms with Crippen LogP contribution in [0.3, 0.4) is 0 Å². The highest BCUT2D eigenvalue weighted by molar-refractivity contribution is 8.01. The number of hydrogen-bond donors (Lipinski definition) is 2. The lowest BCUT2D eigenvalue weighted by atomic mass is 9.98. The Kier molecular flexibility index (Phi) is 8.21. The number of carboxylic acid groups (broad SMARTS) is 1. The maximum absolute atomic E-state index is 13.2. The number of rotatable bonds is 12. The van der Waals surface area contributed by atoms with Gasteiger partial charge in [-0.25, -0.2) is 9.48 Å². The van der Waals surface area contributed by atoms with Crippen molar-refractivity contribution in [2.45, 2.75) is 22.7 Å². The lowest BCUT2D eigenvalue weighted by Gasteiger charge is -2.55. The van der Waals surface area contributed by atoms with Crippen LogP contribution in [0.1, 0.15) is 5.76 Å². The van der Waals surface area contributed by atoms with Crippen molar-refractivity contribution in [1.82, 2.24) is 35.6 Å². The summed E-state index contributed by atoms with van der Waals surface area (Å²) >= 11 is 7.85. The Hall–Kier alpha value is -2.87. The SMILES string of the molecule is CO[C@@]1(NC(=O)Cc2cc(OS(=O)(=O)CCCl)no2)C(=O)N2C(C(=O)O)=C(CSc3nnnn3C)CS[C@@H]21. The van der Waals surface area contributed by atoms with Gasteiger partial charge in [-0.1, -0.05) is 11.8 Å². The number of methoxy groups -OCH3 is 1. The average molecular weight is 610 g/mol. The molecule has 0 aliphatic carbocycles. The van der Waals surface area contributed by atoms with Crippen LogP contribution in [0.2, 0.25) is 0 Å². The quantitative estimate of drug-likeness (QED) is 0.0991. The average Bonchev–Trinajstić information content (AvgIpc) is 3.47. The van der Waals surface area contributed by atoms with Gasteiger partial charge in [-0.3, -0.25) is 14.5 Å². The van der Waals surface area contributed by atoms with Crippen LogP contribution in [0.5, 0.6) is 5.88 Å². The first kappa shape index (κ1) is 28.1. The molecule has 0 saturated carbocycles. The number of aliphatic carboxylic acids is 1. The number of amides is 2. The first-order valence-electron chi connectivity index (χ1n) is 10.6. The molecule has 1 fully saturated rings. The van der Waals surface area contributed by atoms with E-state index in [9.17, 15) is 27.9 Å². The molecule has 4 rings (SSSR count). The van der Waals surface area contributed by atoms with Gasteiger partial charge in [0.2, 0.25) is 11.1 Å². The van der Waals surface area contributed by atoms with Gasteiger partial charge in [-0.2, -0.15) is 8.42 Å². The van der Waals surface area contributed by atoms with Gasteiger partial charge in [0.25, 0.3) is 17.5 Å². The number of carboxylic acids is 1. The van der Waals surface area contributed by atoms with Crippen LogP contribution in [0.25, 0.3) is 0 Å². The van der Waals surface area contributed by atoms with Gasteiger partial charge in [-0.15, -0.1) is 28.5 Å². The lowest BCUT2D eigenvalue weighted by Crippen LogP contribution is -2.80. The van der Waals surface area contributed by atoms with E-state index in [0.29, 0.717) is 10.7 Å². The number of tetrazole rings is 1. The highest BCUT2D eigenvalue weighted by atomic mass is 35.5. The van der Waals surface area contributed by atoms with Crippen LogP contribution in [-0.2, 0) is 42.7 Å². The van der Waals surface area contributed by atoms with E-state index in [1.807, 2.05) is 0 Å². The Labute approximate surface area is 228 Å². The second-order valence-corrected chi connectivity index (χ2v) is 11.9. The number of β-lactam (4-membered cyclic amide) rings is 1. The number of fused-ring (bicyclic) bond motifs is 1. The number of carbonyl (C=O) groups excluding carboxylic acids is 2. The summed E-state index contributed by atoms with van der Waals surface area (Å²) in [5, 5.41) is 26.6. The number of halogens is 1. The Morgan fingerprint density at radius 3 is 2.84 bits per heavy atom. The van der Waals surface area contributed by atoms with Crippen LogP contribution in [0.15, 0.2) is 27.0 Å². The predicted molar refractivity (Wildman–Crippen MR) is 131 cm³/mol. The maximum Gasteiger partial charge on any atom is 0.352 e. The summed E-state index contributed by atoms with van der Waals surface area (Å²) in [6.45, 7) is 0. The van der Waals surface area contributed by atoms with E-state index in [2.05, 4.69) is 26.0 Å². The fraction of sp³-hybridized carbons (Fsp3) is 0.500. The van der Waals surface area contributed by atoms with Crippen molar-refractivity contribution in [1.29, 1.82) is 0 Å². The molecule has 2 aliphatic rings. The molecular weight excluding hydrogens is 590 g/mol. The van der Waals surface area contributed by atoms with E-state index in [0.717, 1.165) is 11.0 Å². The first-order chi connectivity index (χ1) is 18.0.